The number of H-pyrrole nitrogens is 1. The van der Waals surface area contributed by atoms with Crippen molar-refractivity contribution in [2.75, 3.05) is 11.9 Å². The first-order valence-electron chi connectivity index (χ1n) is 10.7. The molecule has 0 aliphatic carbocycles. The van der Waals surface area contributed by atoms with Gasteiger partial charge in [-0.3, -0.25) is 0 Å². The molecule has 2 saturated heterocycles. The molecule has 0 saturated carbocycles. The van der Waals surface area contributed by atoms with Crippen LogP contribution >= 0.6 is 0 Å². The van der Waals surface area contributed by atoms with Gasteiger partial charge < -0.3 is 15.2 Å². The van der Waals surface area contributed by atoms with Gasteiger partial charge in [0, 0.05) is 54.7 Å². The van der Waals surface area contributed by atoms with Crippen LogP contribution < -0.4 is 10.2 Å². The Bertz CT molecular complexity index is 1150. The number of nitrogens with zero attached hydrogens (tertiary/aromatic N) is 5. The number of aromatic amines is 1. The van der Waals surface area contributed by atoms with Crippen molar-refractivity contribution in [3.63, 3.8) is 0 Å². The van der Waals surface area contributed by atoms with Gasteiger partial charge in [0.05, 0.1) is 16.9 Å². The maximum absolute atomic E-state index is 4.59. The van der Waals surface area contributed by atoms with Gasteiger partial charge in [-0.05, 0) is 62.1 Å². The van der Waals surface area contributed by atoms with Crippen LogP contribution in [0.1, 0.15) is 25.7 Å². The highest BCUT2D eigenvalue weighted by Crippen LogP contribution is 2.33. The van der Waals surface area contributed by atoms with E-state index < -0.39 is 0 Å². The number of hydrogen-bond donors (Lipinski definition) is 2. The van der Waals surface area contributed by atoms with Crippen LogP contribution in [0.25, 0.3) is 27.8 Å². The highest BCUT2D eigenvalue weighted by atomic mass is 15.3. The van der Waals surface area contributed by atoms with Crippen LogP contribution in [0.5, 0.6) is 0 Å². The van der Waals surface area contributed by atoms with E-state index in [0.717, 1.165) is 33.7 Å². The van der Waals surface area contributed by atoms with E-state index in [9.17, 15) is 0 Å². The number of anilines is 1. The lowest BCUT2D eigenvalue weighted by molar-refractivity contribution is 0.353. The molecule has 1 aromatic carbocycles. The van der Waals surface area contributed by atoms with Crippen molar-refractivity contribution in [1.29, 1.82) is 0 Å². The minimum atomic E-state index is 0.535. The lowest BCUT2D eigenvalue weighted by Gasteiger charge is -2.36. The largest absolute Gasteiger partial charge is 0.361 e. The molecule has 30 heavy (non-hydrogen) atoms. The summed E-state index contributed by atoms with van der Waals surface area (Å²) in [6.07, 6.45) is 10.7. The lowest BCUT2D eigenvalue weighted by Crippen LogP contribution is -2.47. The van der Waals surface area contributed by atoms with Gasteiger partial charge in [0.25, 0.3) is 0 Å². The Balaban J connectivity index is 1.30. The van der Waals surface area contributed by atoms with Gasteiger partial charge in [0.2, 0.25) is 0 Å². The summed E-state index contributed by atoms with van der Waals surface area (Å²) in [6.45, 7) is 0. The molecule has 0 amide bonds. The van der Waals surface area contributed by atoms with E-state index >= 15 is 0 Å². The van der Waals surface area contributed by atoms with Gasteiger partial charge >= 0.3 is 0 Å². The number of piperidine rings is 1. The topological polar surface area (TPSA) is 74.7 Å². The molecular formula is C23H25N7. The van der Waals surface area contributed by atoms with E-state index in [0.29, 0.717) is 18.1 Å². The number of benzene rings is 1. The Morgan fingerprint density at radius 2 is 1.90 bits per heavy atom. The Labute approximate surface area is 175 Å². The maximum atomic E-state index is 4.59. The van der Waals surface area contributed by atoms with Gasteiger partial charge in [0.15, 0.2) is 5.82 Å². The Morgan fingerprint density at radius 3 is 2.63 bits per heavy atom. The summed E-state index contributed by atoms with van der Waals surface area (Å²) < 4.78 is 1.88. The Kier molecular flexibility index (Phi) is 4.09. The molecule has 2 aliphatic rings. The van der Waals surface area contributed by atoms with Crippen LogP contribution in [0.3, 0.4) is 0 Å². The Hall–Kier alpha value is -3.19. The van der Waals surface area contributed by atoms with Crippen molar-refractivity contribution in [3.8, 4) is 16.9 Å². The van der Waals surface area contributed by atoms with Gasteiger partial charge in [-0.1, -0.05) is 0 Å². The van der Waals surface area contributed by atoms with Crippen LogP contribution in [0.2, 0.25) is 0 Å². The van der Waals surface area contributed by atoms with Crippen LogP contribution in [0.4, 0.5) is 5.82 Å². The predicted octanol–water partition coefficient (Wildman–Crippen LogP) is 3.53. The van der Waals surface area contributed by atoms with Crippen LogP contribution in [-0.2, 0) is 0 Å². The zero-order valence-corrected chi connectivity index (χ0v) is 17.0. The number of nitrogens with one attached hydrogen (secondary N) is 2. The van der Waals surface area contributed by atoms with Crippen molar-refractivity contribution in [3.05, 3.63) is 55.0 Å². The first-order valence-corrected chi connectivity index (χ1v) is 10.7. The first kappa shape index (κ1) is 17.7. The van der Waals surface area contributed by atoms with Crippen LogP contribution in [0, 0.1) is 0 Å². The molecule has 2 aliphatic heterocycles. The fourth-order valence-corrected chi connectivity index (χ4v) is 5.15. The van der Waals surface area contributed by atoms with Gasteiger partial charge in [-0.25, -0.2) is 4.68 Å². The molecule has 6 rings (SSSR count). The molecule has 0 spiro atoms. The second-order valence-corrected chi connectivity index (χ2v) is 8.50. The molecule has 2 N–H and O–H groups in total. The van der Waals surface area contributed by atoms with E-state index in [-0.39, 0.29) is 0 Å². The summed E-state index contributed by atoms with van der Waals surface area (Å²) in [6, 6.07) is 14.2. The standard InChI is InChI=1S/C23H25N7/c1-29(17-13-15-3-4-16(14-17)26-15)22-8-6-20(27-28-22)18-5-7-21(30-12-2-10-25-30)19-9-11-24-23(18)19/h2,5-12,15-17,24,26H,3-4,13-14H2,1H3. The summed E-state index contributed by atoms with van der Waals surface area (Å²) in [5, 5.41) is 18.4. The summed E-state index contributed by atoms with van der Waals surface area (Å²) in [5.74, 6) is 0.945. The smallest absolute Gasteiger partial charge is 0.151 e. The quantitative estimate of drug-likeness (QED) is 0.549. The molecule has 3 aromatic heterocycles. The predicted molar refractivity (Wildman–Crippen MR) is 118 cm³/mol. The molecule has 7 heteroatoms. The molecule has 2 bridgehead atoms. The second-order valence-electron chi connectivity index (χ2n) is 8.50. The molecule has 4 aromatic rings. The number of hydrogen-bond acceptors (Lipinski definition) is 5. The Morgan fingerprint density at radius 1 is 1.03 bits per heavy atom. The third kappa shape index (κ3) is 2.89. The zero-order chi connectivity index (χ0) is 20.1. The first-order chi connectivity index (χ1) is 14.8. The zero-order valence-electron chi connectivity index (χ0n) is 17.0. The molecular weight excluding hydrogens is 374 g/mol. The number of rotatable bonds is 4. The molecule has 0 radical (unpaired) electrons. The number of aromatic nitrogens is 5. The summed E-state index contributed by atoms with van der Waals surface area (Å²) in [5.41, 5.74) is 4.02. The number of fused-ring (bicyclic) bond motifs is 3. The highest BCUT2D eigenvalue weighted by molar-refractivity contribution is 5.98. The normalized spacial score (nSPS) is 23.2. The third-order valence-electron chi connectivity index (χ3n) is 6.74. The molecule has 2 fully saturated rings. The summed E-state index contributed by atoms with van der Waals surface area (Å²) in [4.78, 5) is 5.68. The molecule has 5 heterocycles. The molecule has 2 unspecified atom stereocenters. The van der Waals surface area contributed by atoms with Crippen molar-refractivity contribution >= 4 is 16.7 Å². The van der Waals surface area contributed by atoms with E-state index in [1.807, 2.05) is 23.1 Å². The maximum Gasteiger partial charge on any atom is 0.151 e. The molecule has 7 nitrogen and oxygen atoms in total. The van der Waals surface area contributed by atoms with Gasteiger partial charge in [-0.2, -0.15) is 5.10 Å². The van der Waals surface area contributed by atoms with Crippen molar-refractivity contribution in [1.82, 2.24) is 30.3 Å². The minimum Gasteiger partial charge on any atom is -0.361 e. The van der Waals surface area contributed by atoms with Crippen molar-refractivity contribution in [2.24, 2.45) is 0 Å². The highest BCUT2D eigenvalue weighted by Gasteiger charge is 2.35. The SMILES string of the molecule is CN(c1ccc(-c2ccc(-n3cccn3)c3cc[nH]c23)nn1)C1CC2CCC(C1)N2. The average molecular weight is 400 g/mol. The fraction of sp³-hybridized carbons (Fsp3) is 0.348. The van der Waals surface area contributed by atoms with Crippen molar-refractivity contribution < 1.29 is 0 Å². The van der Waals surface area contributed by atoms with Crippen LogP contribution in [-0.4, -0.2) is 50.1 Å². The molecule has 152 valence electrons. The summed E-state index contributed by atoms with van der Waals surface area (Å²) in [7, 11) is 2.15. The van der Waals surface area contributed by atoms with Crippen LogP contribution in [0.15, 0.2) is 55.0 Å². The van der Waals surface area contributed by atoms with E-state index in [4.69, 9.17) is 0 Å². The second kappa shape index (κ2) is 6.95. The van der Waals surface area contributed by atoms with E-state index in [2.05, 4.69) is 67.9 Å². The summed E-state index contributed by atoms with van der Waals surface area (Å²) >= 11 is 0. The minimum absolute atomic E-state index is 0.535. The average Bonchev–Trinajstić information content (AvgIpc) is 3.54. The fourth-order valence-electron chi connectivity index (χ4n) is 5.15. The third-order valence-corrected chi connectivity index (χ3v) is 6.74. The van der Waals surface area contributed by atoms with Crippen molar-refractivity contribution in [2.45, 2.75) is 43.8 Å². The van der Waals surface area contributed by atoms with E-state index in [1.165, 1.54) is 25.7 Å². The van der Waals surface area contributed by atoms with Gasteiger partial charge in [0.1, 0.15) is 0 Å². The van der Waals surface area contributed by atoms with Gasteiger partial charge in [-0.15, -0.1) is 10.2 Å². The molecule has 2 atom stereocenters. The lowest BCUT2D eigenvalue weighted by atomic mass is 9.98. The monoisotopic (exact) mass is 399 g/mol. The van der Waals surface area contributed by atoms with E-state index in [1.54, 1.807) is 6.20 Å².